The van der Waals surface area contributed by atoms with Crippen molar-refractivity contribution < 1.29 is 14.0 Å². The molecule has 1 fully saturated rings. The normalized spacial score (nSPS) is 18.0. The minimum absolute atomic E-state index is 0.0528. The lowest BCUT2D eigenvalue weighted by Gasteiger charge is -2.42. The van der Waals surface area contributed by atoms with Gasteiger partial charge in [-0.3, -0.25) is 0 Å². The van der Waals surface area contributed by atoms with Crippen molar-refractivity contribution in [2.24, 2.45) is 0 Å². The summed E-state index contributed by atoms with van der Waals surface area (Å²) >= 11 is 0. The van der Waals surface area contributed by atoms with E-state index in [1.165, 1.54) is 0 Å². The van der Waals surface area contributed by atoms with Crippen LogP contribution in [0, 0.1) is 0 Å². The number of hydrogen-bond donors (Lipinski definition) is 1. The highest BCUT2D eigenvalue weighted by molar-refractivity contribution is 5.11. The van der Waals surface area contributed by atoms with Crippen LogP contribution in [0.25, 0.3) is 0 Å². The van der Waals surface area contributed by atoms with Gasteiger partial charge in [-0.25, -0.2) is 0 Å². The number of hydrogen-bond acceptors (Lipinski definition) is 5. The molecule has 1 saturated heterocycles. The van der Waals surface area contributed by atoms with Gasteiger partial charge < -0.3 is 19.3 Å². The van der Waals surface area contributed by atoms with Crippen molar-refractivity contribution in [3.8, 4) is 0 Å². The Bertz CT molecular complexity index is 347. The molecule has 5 heteroatoms. The van der Waals surface area contributed by atoms with Crippen LogP contribution in [0.5, 0.6) is 0 Å². The smallest absolute Gasteiger partial charge is 0.162 e. The minimum atomic E-state index is 0.0528. The van der Waals surface area contributed by atoms with Crippen molar-refractivity contribution in [1.29, 1.82) is 0 Å². The highest BCUT2D eigenvalue weighted by Gasteiger charge is 2.38. The fraction of sp³-hybridized carbons (Fsp3) is 0.750. The average Bonchev–Trinajstić information content (AvgIpc) is 2.70. The highest BCUT2D eigenvalue weighted by Crippen LogP contribution is 2.22. The number of nitrogens with zero attached hydrogens (tertiary/aromatic N) is 1. The van der Waals surface area contributed by atoms with E-state index in [0.717, 1.165) is 44.1 Å². The van der Waals surface area contributed by atoms with Crippen molar-refractivity contribution in [1.82, 2.24) is 10.5 Å². The first kappa shape index (κ1) is 12.5. The molecule has 1 aromatic rings. The summed E-state index contributed by atoms with van der Waals surface area (Å²) in [4.78, 5) is 0. The molecule has 5 nitrogen and oxygen atoms in total. The largest absolute Gasteiger partial charge is 0.377 e. The van der Waals surface area contributed by atoms with Crippen LogP contribution in [0.3, 0.4) is 0 Å². The zero-order valence-electron chi connectivity index (χ0n) is 10.5. The first-order chi connectivity index (χ1) is 8.28. The zero-order chi connectivity index (χ0) is 12.1. The summed E-state index contributed by atoms with van der Waals surface area (Å²) in [7, 11) is 1.65. The summed E-state index contributed by atoms with van der Waals surface area (Å²) in [6.45, 7) is 5.14. The lowest BCUT2D eigenvalue weighted by molar-refractivity contribution is -0.0743. The van der Waals surface area contributed by atoms with E-state index in [1.54, 1.807) is 7.11 Å². The average molecular weight is 240 g/mol. The second-order valence-electron chi connectivity index (χ2n) is 4.59. The van der Waals surface area contributed by atoms with Gasteiger partial charge in [0.25, 0.3) is 0 Å². The van der Waals surface area contributed by atoms with E-state index in [4.69, 9.17) is 14.0 Å². The van der Waals surface area contributed by atoms with Crippen LogP contribution in [0.4, 0.5) is 0 Å². The lowest BCUT2D eigenvalue weighted by atomic mass is 9.91. The van der Waals surface area contributed by atoms with Gasteiger partial charge in [-0.05, 0) is 13.0 Å². The zero-order valence-corrected chi connectivity index (χ0v) is 10.5. The third-order valence-electron chi connectivity index (χ3n) is 2.92. The molecule has 1 aliphatic rings. The van der Waals surface area contributed by atoms with Crippen LogP contribution >= 0.6 is 0 Å². The molecule has 0 atom stereocenters. The molecule has 0 spiro atoms. The van der Waals surface area contributed by atoms with E-state index in [9.17, 15) is 0 Å². The molecule has 2 rings (SSSR count). The van der Waals surface area contributed by atoms with Crippen molar-refractivity contribution >= 4 is 0 Å². The third-order valence-corrected chi connectivity index (χ3v) is 2.92. The van der Waals surface area contributed by atoms with Gasteiger partial charge in [-0.1, -0.05) is 12.1 Å². The van der Waals surface area contributed by atoms with Gasteiger partial charge in [-0.15, -0.1) is 0 Å². The van der Waals surface area contributed by atoms with Crippen molar-refractivity contribution in [2.45, 2.75) is 31.9 Å². The summed E-state index contributed by atoms with van der Waals surface area (Å²) in [6, 6.07) is 1.96. The van der Waals surface area contributed by atoms with E-state index in [2.05, 4.69) is 17.4 Å². The molecule has 1 aromatic heterocycles. The summed E-state index contributed by atoms with van der Waals surface area (Å²) in [5, 5.41) is 7.59. The summed E-state index contributed by atoms with van der Waals surface area (Å²) in [5.41, 5.74) is 1.01. The van der Waals surface area contributed by atoms with Gasteiger partial charge in [0, 0.05) is 19.6 Å². The van der Waals surface area contributed by atoms with E-state index in [1.807, 2.05) is 6.07 Å². The lowest BCUT2D eigenvalue weighted by Crippen LogP contribution is -2.62. The van der Waals surface area contributed by atoms with Crippen LogP contribution in [0.15, 0.2) is 10.6 Å². The first-order valence-corrected chi connectivity index (χ1v) is 6.04. The molecule has 0 aromatic carbocycles. The summed E-state index contributed by atoms with van der Waals surface area (Å²) in [5.74, 6) is 0.772. The second-order valence-corrected chi connectivity index (χ2v) is 4.59. The fourth-order valence-corrected chi connectivity index (χ4v) is 2.00. The molecule has 96 valence electrons. The molecule has 0 amide bonds. The molecule has 1 aliphatic heterocycles. The maximum Gasteiger partial charge on any atom is 0.162 e. The Morgan fingerprint density at radius 3 is 2.94 bits per heavy atom. The molecule has 0 aliphatic carbocycles. The van der Waals surface area contributed by atoms with Crippen LogP contribution in [-0.2, 0) is 22.5 Å². The summed E-state index contributed by atoms with van der Waals surface area (Å²) < 4.78 is 15.5. The Labute approximate surface area is 101 Å². The van der Waals surface area contributed by atoms with Gasteiger partial charge in [0.2, 0.25) is 0 Å². The standard InChI is InChI=1S/C12H20N2O3/c1-3-4-13-12(8-16-9-12)6-10-5-11(7-15-2)17-14-10/h5,13H,3-4,6-9H2,1-2H3. The number of ether oxygens (including phenoxy) is 2. The van der Waals surface area contributed by atoms with Crippen molar-refractivity contribution in [3.63, 3.8) is 0 Å². The van der Waals surface area contributed by atoms with Gasteiger partial charge in [-0.2, -0.15) is 0 Å². The first-order valence-electron chi connectivity index (χ1n) is 6.04. The van der Waals surface area contributed by atoms with Gasteiger partial charge >= 0.3 is 0 Å². The van der Waals surface area contributed by atoms with Crippen LogP contribution in [0.1, 0.15) is 24.8 Å². The maximum absolute atomic E-state index is 5.32. The predicted molar refractivity (Wildman–Crippen MR) is 62.8 cm³/mol. The number of aromatic nitrogens is 1. The SMILES string of the molecule is CCCNC1(Cc2cc(COC)on2)COC1. The van der Waals surface area contributed by atoms with Crippen LogP contribution in [0.2, 0.25) is 0 Å². The molecular formula is C12H20N2O3. The second kappa shape index (κ2) is 5.62. The topological polar surface area (TPSA) is 56.5 Å². The molecule has 2 heterocycles. The molecule has 0 radical (unpaired) electrons. The van der Waals surface area contributed by atoms with Crippen molar-refractivity contribution in [2.75, 3.05) is 26.9 Å². The Balaban J connectivity index is 1.92. The predicted octanol–water partition coefficient (Wildman–Crippen LogP) is 1.13. The van der Waals surface area contributed by atoms with E-state index in [-0.39, 0.29) is 5.54 Å². The fourth-order valence-electron chi connectivity index (χ4n) is 2.00. The molecular weight excluding hydrogens is 220 g/mol. The van der Waals surface area contributed by atoms with E-state index >= 15 is 0 Å². The van der Waals surface area contributed by atoms with Gasteiger partial charge in [0.15, 0.2) is 5.76 Å². The quantitative estimate of drug-likeness (QED) is 0.774. The molecule has 0 unspecified atom stereocenters. The molecule has 1 N–H and O–H groups in total. The Morgan fingerprint density at radius 1 is 1.53 bits per heavy atom. The minimum Gasteiger partial charge on any atom is -0.377 e. The number of rotatable bonds is 7. The van der Waals surface area contributed by atoms with Gasteiger partial charge in [0.1, 0.15) is 6.61 Å². The Kier molecular flexibility index (Phi) is 4.15. The molecule has 0 saturated carbocycles. The Hall–Kier alpha value is -0.910. The summed E-state index contributed by atoms with van der Waals surface area (Å²) in [6.07, 6.45) is 1.97. The molecule has 0 bridgehead atoms. The van der Waals surface area contributed by atoms with E-state index < -0.39 is 0 Å². The van der Waals surface area contributed by atoms with Crippen molar-refractivity contribution in [3.05, 3.63) is 17.5 Å². The Morgan fingerprint density at radius 2 is 2.35 bits per heavy atom. The highest BCUT2D eigenvalue weighted by atomic mass is 16.5. The monoisotopic (exact) mass is 240 g/mol. The van der Waals surface area contributed by atoms with Crippen LogP contribution < -0.4 is 5.32 Å². The number of methoxy groups -OCH3 is 1. The van der Waals surface area contributed by atoms with E-state index in [0.29, 0.717) is 6.61 Å². The third kappa shape index (κ3) is 3.06. The number of nitrogens with one attached hydrogen (secondary N) is 1. The maximum atomic E-state index is 5.32. The molecule has 17 heavy (non-hydrogen) atoms. The van der Waals surface area contributed by atoms with Gasteiger partial charge in [0.05, 0.1) is 24.4 Å². The van der Waals surface area contributed by atoms with Crippen LogP contribution in [-0.4, -0.2) is 37.6 Å².